The standard InChI is InChI=1S/C21H25NO7/c1-10-17(12(3)23)11(2)22-18(10)19(24)13(4)29-21(25)14-8-15(26-5)20(28-7)16(9-14)27-6/h8-9,13,22H,1-7H3/t13-/m0/s1. The van der Waals surface area contributed by atoms with E-state index in [0.717, 1.165) is 0 Å². The molecule has 0 spiro atoms. The highest BCUT2D eigenvalue weighted by Gasteiger charge is 2.27. The lowest BCUT2D eigenvalue weighted by Crippen LogP contribution is -2.25. The number of rotatable bonds is 8. The second-order valence-corrected chi connectivity index (χ2v) is 6.51. The van der Waals surface area contributed by atoms with Crippen LogP contribution in [-0.2, 0) is 4.74 Å². The molecule has 0 amide bonds. The number of hydrogen-bond acceptors (Lipinski definition) is 7. The summed E-state index contributed by atoms with van der Waals surface area (Å²) < 4.78 is 21.0. The zero-order valence-corrected chi connectivity index (χ0v) is 17.6. The van der Waals surface area contributed by atoms with Crippen LogP contribution in [0.5, 0.6) is 17.2 Å². The van der Waals surface area contributed by atoms with Gasteiger partial charge in [-0.15, -0.1) is 0 Å². The summed E-state index contributed by atoms with van der Waals surface area (Å²) in [6.07, 6.45) is -1.07. The first kappa shape index (κ1) is 22.0. The number of aromatic amines is 1. The van der Waals surface area contributed by atoms with Gasteiger partial charge >= 0.3 is 5.97 Å². The van der Waals surface area contributed by atoms with E-state index in [4.69, 9.17) is 18.9 Å². The van der Waals surface area contributed by atoms with Crippen molar-refractivity contribution in [3.05, 3.63) is 40.2 Å². The summed E-state index contributed by atoms with van der Waals surface area (Å²) in [7, 11) is 4.32. The summed E-state index contributed by atoms with van der Waals surface area (Å²) >= 11 is 0. The zero-order valence-electron chi connectivity index (χ0n) is 17.6. The molecule has 156 valence electrons. The minimum atomic E-state index is -1.07. The number of hydrogen-bond donors (Lipinski definition) is 1. The third kappa shape index (κ3) is 4.26. The Labute approximate surface area is 169 Å². The number of carbonyl (C=O) groups excluding carboxylic acids is 3. The van der Waals surface area contributed by atoms with Gasteiger partial charge in [0.15, 0.2) is 23.4 Å². The molecule has 1 atom stereocenters. The van der Waals surface area contributed by atoms with Crippen molar-refractivity contribution < 1.29 is 33.3 Å². The van der Waals surface area contributed by atoms with E-state index in [-0.39, 0.29) is 17.0 Å². The predicted molar refractivity (Wildman–Crippen MR) is 106 cm³/mol. The molecule has 0 saturated carbocycles. The van der Waals surface area contributed by atoms with Crippen molar-refractivity contribution in [1.29, 1.82) is 0 Å². The van der Waals surface area contributed by atoms with Gasteiger partial charge in [0.2, 0.25) is 11.5 Å². The van der Waals surface area contributed by atoms with Crippen molar-refractivity contribution in [2.75, 3.05) is 21.3 Å². The smallest absolute Gasteiger partial charge is 0.339 e. The molecule has 0 aliphatic carbocycles. The predicted octanol–water partition coefficient (Wildman–Crippen LogP) is 3.29. The maximum absolute atomic E-state index is 12.8. The fourth-order valence-corrected chi connectivity index (χ4v) is 3.21. The summed E-state index contributed by atoms with van der Waals surface area (Å²) in [6, 6.07) is 2.89. The van der Waals surface area contributed by atoms with Crippen LogP contribution in [0.4, 0.5) is 0 Å². The highest BCUT2D eigenvalue weighted by atomic mass is 16.5. The second kappa shape index (κ2) is 8.81. The molecular weight excluding hydrogens is 378 g/mol. The third-order valence-corrected chi connectivity index (χ3v) is 4.59. The molecule has 2 rings (SSSR count). The van der Waals surface area contributed by atoms with Crippen LogP contribution in [0, 0.1) is 13.8 Å². The lowest BCUT2D eigenvalue weighted by molar-refractivity contribution is 0.0316. The Morgan fingerprint density at radius 1 is 0.966 bits per heavy atom. The maximum atomic E-state index is 12.8. The van der Waals surface area contributed by atoms with E-state index in [2.05, 4.69) is 4.98 Å². The van der Waals surface area contributed by atoms with Gasteiger partial charge in [0.05, 0.1) is 32.6 Å². The number of esters is 1. The molecule has 0 bridgehead atoms. The SMILES string of the molecule is COc1cc(C(=O)O[C@@H](C)C(=O)c2[nH]c(C)c(C(C)=O)c2C)cc(OC)c1OC. The van der Waals surface area contributed by atoms with Crippen molar-refractivity contribution in [2.45, 2.75) is 33.8 Å². The molecule has 1 aromatic heterocycles. The van der Waals surface area contributed by atoms with Gasteiger partial charge in [-0.2, -0.15) is 0 Å². The van der Waals surface area contributed by atoms with Crippen LogP contribution >= 0.6 is 0 Å². The number of ketones is 2. The van der Waals surface area contributed by atoms with E-state index in [1.165, 1.54) is 47.3 Å². The molecule has 2 aromatic rings. The zero-order chi connectivity index (χ0) is 21.9. The van der Waals surface area contributed by atoms with Crippen LogP contribution in [0.25, 0.3) is 0 Å². The molecule has 1 aromatic carbocycles. The average Bonchev–Trinajstić information content (AvgIpc) is 2.99. The summed E-state index contributed by atoms with van der Waals surface area (Å²) in [5, 5.41) is 0. The monoisotopic (exact) mass is 403 g/mol. The number of methoxy groups -OCH3 is 3. The topological polar surface area (TPSA) is 104 Å². The molecule has 0 radical (unpaired) electrons. The Morgan fingerprint density at radius 3 is 1.93 bits per heavy atom. The largest absolute Gasteiger partial charge is 0.493 e. The van der Waals surface area contributed by atoms with Gasteiger partial charge in [-0.25, -0.2) is 4.79 Å². The van der Waals surface area contributed by atoms with Gasteiger partial charge in [-0.3, -0.25) is 9.59 Å². The Balaban J connectivity index is 2.28. The normalized spacial score (nSPS) is 11.6. The quantitative estimate of drug-likeness (QED) is 0.533. The first-order valence-corrected chi connectivity index (χ1v) is 8.91. The van der Waals surface area contributed by atoms with Crippen molar-refractivity contribution in [2.24, 2.45) is 0 Å². The summed E-state index contributed by atoms with van der Waals surface area (Å²) in [5.41, 5.74) is 1.99. The minimum absolute atomic E-state index is 0.141. The number of ether oxygens (including phenoxy) is 4. The van der Waals surface area contributed by atoms with Crippen LogP contribution in [0.2, 0.25) is 0 Å². The minimum Gasteiger partial charge on any atom is -0.493 e. The van der Waals surface area contributed by atoms with Gasteiger partial charge in [0.25, 0.3) is 0 Å². The number of aromatic nitrogens is 1. The van der Waals surface area contributed by atoms with E-state index >= 15 is 0 Å². The Hall–Kier alpha value is -3.29. The number of Topliss-reactive ketones (excluding diaryl/α,β-unsaturated/α-hetero) is 2. The van der Waals surface area contributed by atoms with Crippen LogP contribution in [-0.4, -0.2) is 50.0 Å². The first-order chi connectivity index (χ1) is 13.7. The molecular formula is C21H25NO7. The van der Waals surface area contributed by atoms with E-state index in [9.17, 15) is 14.4 Å². The Bertz CT molecular complexity index is 933. The molecule has 0 aliphatic rings. The summed E-state index contributed by atoms with van der Waals surface area (Å²) in [6.45, 7) is 6.31. The number of carbonyl (C=O) groups is 3. The van der Waals surface area contributed by atoms with Crippen molar-refractivity contribution in [3.8, 4) is 17.2 Å². The molecule has 8 nitrogen and oxygen atoms in total. The average molecular weight is 403 g/mol. The molecule has 1 heterocycles. The van der Waals surface area contributed by atoms with E-state index in [1.54, 1.807) is 13.8 Å². The molecule has 8 heteroatoms. The Morgan fingerprint density at radius 2 is 1.52 bits per heavy atom. The van der Waals surface area contributed by atoms with E-state index in [1.807, 2.05) is 0 Å². The van der Waals surface area contributed by atoms with Gasteiger partial charge in [-0.1, -0.05) is 0 Å². The van der Waals surface area contributed by atoms with Crippen molar-refractivity contribution in [3.63, 3.8) is 0 Å². The maximum Gasteiger partial charge on any atom is 0.339 e. The van der Waals surface area contributed by atoms with Crippen LogP contribution in [0.1, 0.15) is 56.3 Å². The van der Waals surface area contributed by atoms with Gasteiger partial charge in [-0.05, 0) is 45.4 Å². The molecule has 0 aliphatic heterocycles. The van der Waals surface area contributed by atoms with Crippen LogP contribution < -0.4 is 14.2 Å². The third-order valence-electron chi connectivity index (χ3n) is 4.59. The molecule has 0 fully saturated rings. The van der Waals surface area contributed by atoms with E-state index in [0.29, 0.717) is 34.1 Å². The number of nitrogens with one attached hydrogen (secondary N) is 1. The van der Waals surface area contributed by atoms with Crippen LogP contribution in [0.3, 0.4) is 0 Å². The summed E-state index contributed by atoms with van der Waals surface area (Å²) in [4.78, 5) is 40.1. The lowest BCUT2D eigenvalue weighted by atomic mass is 10.0. The number of H-pyrrole nitrogens is 1. The van der Waals surface area contributed by atoms with Crippen molar-refractivity contribution >= 4 is 17.5 Å². The number of aryl methyl sites for hydroxylation is 1. The van der Waals surface area contributed by atoms with Gasteiger partial charge in [0, 0.05) is 11.3 Å². The fraction of sp³-hybridized carbons (Fsp3) is 0.381. The second-order valence-electron chi connectivity index (χ2n) is 6.51. The van der Waals surface area contributed by atoms with Crippen LogP contribution in [0.15, 0.2) is 12.1 Å². The molecule has 29 heavy (non-hydrogen) atoms. The first-order valence-electron chi connectivity index (χ1n) is 8.91. The van der Waals surface area contributed by atoms with Crippen molar-refractivity contribution in [1.82, 2.24) is 4.98 Å². The number of benzene rings is 1. The molecule has 0 saturated heterocycles. The molecule has 1 N–H and O–H groups in total. The molecule has 0 unspecified atom stereocenters. The Kier molecular flexibility index (Phi) is 6.68. The fourth-order valence-electron chi connectivity index (χ4n) is 3.21. The van der Waals surface area contributed by atoms with Gasteiger partial charge in [0.1, 0.15) is 0 Å². The van der Waals surface area contributed by atoms with Gasteiger partial charge < -0.3 is 23.9 Å². The lowest BCUT2D eigenvalue weighted by Gasteiger charge is -2.15. The summed E-state index contributed by atoms with van der Waals surface area (Å²) in [5.74, 6) is -0.376. The highest BCUT2D eigenvalue weighted by Crippen LogP contribution is 2.38. The van der Waals surface area contributed by atoms with E-state index < -0.39 is 17.9 Å². The highest BCUT2D eigenvalue weighted by molar-refractivity contribution is 6.05.